The van der Waals surface area contributed by atoms with E-state index in [4.69, 9.17) is 0 Å². The summed E-state index contributed by atoms with van der Waals surface area (Å²) in [7, 11) is 4.42. The zero-order chi connectivity index (χ0) is 7.61. The molecule has 0 aromatic carbocycles. The Balaban J connectivity index is 2.24. The molecule has 0 unspecified atom stereocenters. The van der Waals surface area contributed by atoms with Crippen LogP contribution in [0.5, 0.6) is 0 Å². The van der Waals surface area contributed by atoms with Crippen LogP contribution in [0.4, 0.5) is 0 Å². The van der Waals surface area contributed by atoms with E-state index in [2.05, 4.69) is 25.9 Å². The average molecular weight is 141 g/mol. The van der Waals surface area contributed by atoms with Gasteiger partial charge in [-0.1, -0.05) is 19.8 Å². The largest absolute Gasteiger partial charge is 0.304 e. The smallest absolute Gasteiger partial charge is 0.0204 e. The van der Waals surface area contributed by atoms with E-state index >= 15 is 0 Å². The fourth-order valence-corrected chi connectivity index (χ4v) is 1.57. The third kappa shape index (κ3) is 1.51. The minimum absolute atomic E-state index is 0.635. The first kappa shape index (κ1) is 8.06. The predicted octanol–water partition coefficient (Wildman–Crippen LogP) is 2.27. The molecule has 0 saturated heterocycles. The van der Waals surface area contributed by atoms with Crippen molar-refractivity contribution in [3.63, 3.8) is 0 Å². The highest BCUT2D eigenvalue weighted by atomic mass is 15.2. The van der Waals surface area contributed by atoms with E-state index in [1.165, 1.54) is 32.1 Å². The van der Waals surface area contributed by atoms with Gasteiger partial charge in [0.25, 0.3) is 0 Å². The summed E-state index contributed by atoms with van der Waals surface area (Å²) < 4.78 is 0. The fourth-order valence-electron chi connectivity index (χ4n) is 1.57. The first-order valence-corrected chi connectivity index (χ1v) is 4.39. The Hall–Kier alpha value is -0.0400. The van der Waals surface area contributed by atoms with Crippen molar-refractivity contribution in [3.05, 3.63) is 0 Å². The van der Waals surface area contributed by atoms with E-state index in [0.29, 0.717) is 5.54 Å². The lowest BCUT2D eigenvalue weighted by molar-refractivity contribution is 0.251. The van der Waals surface area contributed by atoms with E-state index in [1.807, 2.05) is 0 Å². The Morgan fingerprint density at radius 3 is 2.20 bits per heavy atom. The topological polar surface area (TPSA) is 3.24 Å². The molecule has 0 amide bonds. The highest BCUT2D eigenvalue weighted by Gasteiger charge is 2.43. The summed E-state index contributed by atoms with van der Waals surface area (Å²) in [5.74, 6) is 0. The molecule has 60 valence electrons. The lowest BCUT2D eigenvalue weighted by Crippen LogP contribution is -2.29. The second kappa shape index (κ2) is 2.91. The van der Waals surface area contributed by atoms with Gasteiger partial charge in [0.1, 0.15) is 0 Å². The van der Waals surface area contributed by atoms with E-state index in [-0.39, 0.29) is 0 Å². The Morgan fingerprint density at radius 1 is 1.30 bits per heavy atom. The van der Waals surface area contributed by atoms with Gasteiger partial charge in [-0.25, -0.2) is 0 Å². The summed E-state index contributed by atoms with van der Waals surface area (Å²) in [4.78, 5) is 2.41. The third-order valence-corrected chi connectivity index (χ3v) is 2.77. The highest BCUT2D eigenvalue weighted by molar-refractivity contribution is 5.01. The SMILES string of the molecule is CCCCC1(N(C)C)CC1. The van der Waals surface area contributed by atoms with Crippen LogP contribution in [0, 0.1) is 0 Å². The van der Waals surface area contributed by atoms with Gasteiger partial charge in [0.05, 0.1) is 0 Å². The predicted molar refractivity (Wildman–Crippen MR) is 45.2 cm³/mol. The Kier molecular flexibility index (Phi) is 2.35. The number of hydrogen-bond acceptors (Lipinski definition) is 1. The van der Waals surface area contributed by atoms with Gasteiger partial charge in [-0.3, -0.25) is 0 Å². The second-order valence-corrected chi connectivity index (χ2v) is 3.72. The van der Waals surface area contributed by atoms with Crippen molar-refractivity contribution in [2.45, 2.75) is 44.6 Å². The molecule has 1 fully saturated rings. The molecule has 1 heteroatoms. The molecule has 0 aromatic rings. The molecule has 1 aliphatic carbocycles. The zero-order valence-electron chi connectivity index (χ0n) is 7.48. The first-order valence-electron chi connectivity index (χ1n) is 4.39. The molecule has 0 N–H and O–H groups in total. The van der Waals surface area contributed by atoms with E-state index in [0.717, 1.165) is 0 Å². The van der Waals surface area contributed by atoms with Gasteiger partial charge >= 0.3 is 0 Å². The van der Waals surface area contributed by atoms with Crippen molar-refractivity contribution >= 4 is 0 Å². The van der Waals surface area contributed by atoms with Crippen LogP contribution < -0.4 is 0 Å². The maximum Gasteiger partial charge on any atom is 0.0204 e. The summed E-state index contributed by atoms with van der Waals surface area (Å²) in [5, 5.41) is 0. The van der Waals surface area contributed by atoms with Crippen molar-refractivity contribution in [1.29, 1.82) is 0 Å². The van der Waals surface area contributed by atoms with E-state index in [9.17, 15) is 0 Å². The van der Waals surface area contributed by atoms with Gasteiger partial charge in [-0.05, 0) is 33.4 Å². The third-order valence-electron chi connectivity index (χ3n) is 2.77. The summed E-state index contributed by atoms with van der Waals surface area (Å²) >= 11 is 0. The van der Waals surface area contributed by atoms with Gasteiger partial charge in [0, 0.05) is 5.54 Å². The quantitative estimate of drug-likeness (QED) is 0.580. The summed E-state index contributed by atoms with van der Waals surface area (Å²) in [6.45, 7) is 2.27. The molecule has 1 saturated carbocycles. The monoisotopic (exact) mass is 141 g/mol. The van der Waals surface area contributed by atoms with Crippen LogP contribution in [0.1, 0.15) is 39.0 Å². The van der Waals surface area contributed by atoms with Crippen molar-refractivity contribution in [2.24, 2.45) is 0 Å². The van der Waals surface area contributed by atoms with Crippen LogP contribution in [0.25, 0.3) is 0 Å². The molecular weight excluding hydrogens is 122 g/mol. The summed E-state index contributed by atoms with van der Waals surface area (Å²) in [6, 6.07) is 0. The Labute approximate surface area is 64.4 Å². The molecule has 1 nitrogen and oxygen atoms in total. The molecular formula is C9H19N. The molecule has 0 spiro atoms. The standard InChI is InChI=1S/C9H19N/c1-4-5-6-9(7-8-9)10(2)3/h4-8H2,1-3H3. The van der Waals surface area contributed by atoms with Crippen molar-refractivity contribution in [3.8, 4) is 0 Å². The van der Waals surface area contributed by atoms with Gasteiger partial charge in [-0.15, -0.1) is 0 Å². The second-order valence-electron chi connectivity index (χ2n) is 3.72. The van der Waals surface area contributed by atoms with Crippen LogP contribution in [-0.2, 0) is 0 Å². The van der Waals surface area contributed by atoms with E-state index < -0.39 is 0 Å². The lowest BCUT2D eigenvalue weighted by Gasteiger charge is -2.23. The highest BCUT2D eigenvalue weighted by Crippen LogP contribution is 2.44. The normalized spacial score (nSPS) is 21.6. The molecule has 0 bridgehead atoms. The number of hydrogen-bond donors (Lipinski definition) is 0. The number of unbranched alkanes of at least 4 members (excludes halogenated alkanes) is 1. The van der Waals surface area contributed by atoms with Crippen LogP contribution in [0.2, 0.25) is 0 Å². The lowest BCUT2D eigenvalue weighted by atomic mass is 10.1. The molecule has 0 atom stereocenters. The van der Waals surface area contributed by atoms with Crippen LogP contribution in [-0.4, -0.2) is 24.5 Å². The van der Waals surface area contributed by atoms with Gasteiger partial charge < -0.3 is 4.90 Å². The Bertz CT molecular complexity index is 103. The molecule has 10 heavy (non-hydrogen) atoms. The van der Waals surface area contributed by atoms with Crippen molar-refractivity contribution in [1.82, 2.24) is 4.90 Å². The first-order chi connectivity index (χ1) is 4.71. The molecule has 1 aliphatic rings. The van der Waals surface area contributed by atoms with Gasteiger partial charge in [-0.2, -0.15) is 0 Å². The minimum atomic E-state index is 0.635. The van der Waals surface area contributed by atoms with Gasteiger partial charge in [0.2, 0.25) is 0 Å². The zero-order valence-corrected chi connectivity index (χ0v) is 7.48. The maximum atomic E-state index is 2.41. The Morgan fingerprint density at radius 2 is 1.90 bits per heavy atom. The van der Waals surface area contributed by atoms with Crippen LogP contribution in [0.3, 0.4) is 0 Å². The molecule has 0 radical (unpaired) electrons. The van der Waals surface area contributed by atoms with Crippen LogP contribution >= 0.6 is 0 Å². The van der Waals surface area contributed by atoms with Gasteiger partial charge in [0.15, 0.2) is 0 Å². The number of rotatable bonds is 4. The van der Waals surface area contributed by atoms with Crippen molar-refractivity contribution < 1.29 is 0 Å². The average Bonchev–Trinajstić information content (AvgIpc) is 2.64. The minimum Gasteiger partial charge on any atom is -0.304 e. The summed E-state index contributed by atoms with van der Waals surface area (Å²) in [5.41, 5.74) is 0.635. The summed E-state index contributed by atoms with van der Waals surface area (Å²) in [6.07, 6.45) is 7.02. The van der Waals surface area contributed by atoms with Crippen LogP contribution in [0.15, 0.2) is 0 Å². The molecule has 0 heterocycles. The fraction of sp³-hybridized carbons (Fsp3) is 1.00. The number of nitrogens with zero attached hydrogens (tertiary/aromatic N) is 1. The van der Waals surface area contributed by atoms with E-state index in [1.54, 1.807) is 0 Å². The molecule has 0 aliphatic heterocycles. The molecule has 1 rings (SSSR count). The van der Waals surface area contributed by atoms with Crippen molar-refractivity contribution in [2.75, 3.05) is 14.1 Å². The maximum absolute atomic E-state index is 2.41. The molecule has 0 aromatic heterocycles.